The summed E-state index contributed by atoms with van der Waals surface area (Å²) in [6.07, 6.45) is 0.767. The van der Waals surface area contributed by atoms with Crippen LogP contribution in [0.2, 0.25) is 0 Å². The maximum absolute atomic E-state index is 15.3. The predicted octanol–water partition coefficient (Wildman–Crippen LogP) is 6.25. The molecule has 0 aliphatic carbocycles. The number of halogens is 5. The highest BCUT2D eigenvalue weighted by Gasteiger charge is 2.40. The normalized spacial score (nSPS) is 20.1. The number of aryl methyl sites for hydroxylation is 1. The molecule has 2 aliphatic rings. The first kappa shape index (κ1) is 27.6. The minimum atomic E-state index is -4.71. The van der Waals surface area contributed by atoms with Gasteiger partial charge in [-0.15, -0.1) is 0 Å². The zero-order valence-electron chi connectivity index (χ0n) is 22.2. The molecule has 2 fully saturated rings. The maximum Gasteiger partial charge on any atom is 0.418 e. The lowest BCUT2D eigenvalue weighted by atomic mass is 9.97. The number of hydrogen-bond donors (Lipinski definition) is 1. The lowest BCUT2D eigenvalue weighted by Crippen LogP contribution is -2.58. The van der Waals surface area contributed by atoms with Crippen LogP contribution in [0.3, 0.4) is 0 Å². The van der Waals surface area contributed by atoms with Crippen molar-refractivity contribution < 1.29 is 22.0 Å². The molecule has 1 N–H and O–H groups in total. The first-order chi connectivity index (χ1) is 18.6. The van der Waals surface area contributed by atoms with Crippen LogP contribution in [-0.2, 0) is 12.7 Å². The molecule has 0 radical (unpaired) electrons. The molecule has 0 amide bonds. The molecule has 0 saturated carbocycles. The van der Waals surface area contributed by atoms with E-state index in [9.17, 15) is 17.6 Å². The highest BCUT2D eigenvalue weighted by molar-refractivity contribution is 5.66. The van der Waals surface area contributed by atoms with E-state index in [-0.39, 0.29) is 28.9 Å². The molecule has 1 aromatic heterocycles. The van der Waals surface area contributed by atoms with Gasteiger partial charge in [0.1, 0.15) is 17.5 Å². The van der Waals surface area contributed by atoms with Gasteiger partial charge in [0.15, 0.2) is 0 Å². The van der Waals surface area contributed by atoms with Gasteiger partial charge in [-0.05, 0) is 63.0 Å². The number of piperidine rings is 1. The van der Waals surface area contributed by atoms with Gasteiger partial charge in [0.2, 0.25) is 0 Å². The quantitative estimate of drug-likeness (QED) is 0.371. The summed E-state index contributed by atoms with van der Waals surface area (Å²) in [5, 5.41) is 0. The molecule has 10 heteroatoms. The smallest absolute Gasteiger partial charge is 0.366 e. The minimum absolute atomic E-state index is 0.00933. The van der Waals surface area contributed by atoms with Crippen LogP contribution in [0.15, 0.2) is 42.7 Å². The summed E-state index contributed by atoms with van der Waals surface area (Å²) in [6.45, 7) is 7.32. The van der Waals surface area contributed by atoms with Gasteiger partial charge < -0.3 is 9.88 Å². The Bertz CT molecular complexity index is 1270. The molecule has 210 valence electrons. The Morgan fingerprint density at radius 2 is 1.77 bits per heavy atom. The van der Waals surface area contributed by atoms with Crippen molar-refractivity contribution in [3.05, 3.63) is 71.1 Å². The summed E-state index contributed by atoms with van der Waals surface area (Å²) < 4.78 is 72.1. The summed E-state index contributed by atoms with van der Waals surface area (Å²) in [7, 11) is 0. The molecule has 2 aromatic carbocycles. The molecule has 2 saturated heterocycles. The van der Waals surface area contributed by atoms with E-state index >= 15 is 4.39 Å². The monoisotopic (exact) mass is 547 g/mol. The average molecular weight is 548 g/mol. The van der Waals surface area contributed by atoms with Gasteiger partial charge >= 0.3 is 6.18 Å². The van der Waals surface area contributed by atoms with E-state index in [0.717, 1.165) is 50.0 Å². The fourth-order valence-electron chi connectivity index (χ4n) is 6.04. The van der Waals surface area contributed by atoms with Crippen LogP contribution in [0.1, 0.15) is 42.9 Å². The Morgan fingerprint density at radius 1 is 1.00 bits per heavy atom. The maximum atomic E-state index is 15.3. The topological polar surface area (TPSA) is 38.4 Å². The number of alkyl halides is 3. The number of nitrogens with one attached hydrogen (secondary N) is 1. The van der Waals surface area contributed by atoms with Crippen LogP contribution in [0.25, 0.3) is 11.4 Å². The van der Waals surface area contributed by atoms with Crippen LogP contribution < -0.4 is 4.90 Å². The molecule has 0 spiro atoms. The van der Waals surface area contributed by atoms with E-state index in [4.69, 9.17) is 0 Å². The molecule has 0 bridgehead atoms. The molecule has 5 rings (SSSR count). The van der Waals surface area contributed by atoms with Crippen molar-refractivity contribution in [1.29, 1.82) is 0 Å². The number of aromatic amines is 1. The van der Waals surface area contributed by atoms with E-state index in [1.807, 2.05) is 26.0 Å². The third-order valence-corrected chi connectivity index (χ3v) is 8.08. The first-order valence-electron chi connectivity index (χ1n) is 13.5. The Labute approximate surface area is 225 Å². The lowest BCUT2D eigenvalue weighted by Gasteiger charge is -2.48. The SMILES string of the molecule is CC[C@H]1CN(c2c(F)cc(-c3ncc[nH]3)cc2C(F)(F)F)CCN1C1CCN(Cc2ccc(C)cc2F)CC1. The molecule has 3 heterocycles. The average Bonchev–Trinajstić information content (AvgIpc) is 3.45. The number of aromatic nitrogens is 2. The molecular weight excluding hydrogens is 513 g/mol. The number of piperazine rings is 1. The minimum Gasteiger partial charge on any atom is -0.366 e. The van der Waals surface area contributed by atoms with Crippen LogP contribution in [0.4, 0.5) is 27.6 Å². The van der Waals surface area contributed by atoms with Gasteiger partial charge in [0, 0.05) is 61.8 Å². The Balaban J connectivity index is 1.28. The van der Waals surface area contributed by atoms with Crippen molar-refractivity contribution >= 4 is 5.69 Å². The van der Waals surface area contributed by atoms with Crippen molar-refractivity contribution in [3.63, 3.8) is 0 Å². The highest BCUT2D eigenvalue weighted by Crippen LogP contribution is 2.41. The predicted molar refractivity (Wildman–Crippen MR) is 141 cm³/mol. The number of nitrogens with zero attached hydrogens (tertiary/aromatic N) is 4. The molecule has 39 heavy (non-hydrogen) atoms. The van der Waals surface area contributed by atoms with Crippen molar-refractivity contribution in [1.82, 2.24) is 19.8 Å². The van der Waals surface area contributed by atoms with Crippen LogP contribution in [0, 0.1) is 18.6 Å². The number of H-pyrrole nitrogens is 1. The van der Waals surface area contributed by atoms with E-state index in [1.54, 1.807) is 11.0 Å². The van der Waals surface area contributed by atoms with E-state index in [1.165, 1.54) is 12.4 Å². The number of hydrogen-bond acceptors (Lipinski definition) is 4. The van der Waals surface area contributed by atoms with Crippen LogP contribution in [0.5, 0.6) is 0 Å². The van der Waals surface area contributed by atoms with Gasteiger partial charge in [-0.1, -0.05) is 19.1 Å². The summed E-state index contributed by atoms with van der Waals surface area (Å²) in [5.74, 6) is -0.878. The number of likely N-dealkylation sites (tertiary alicyclic amines) is 1. The second-order valence-corrected chi connectivity index (χ2v) is 10.6. The van der Waals surface area contributed by atoms with E-state index in [0.29, 0.717) is 37.8 Å². The van der Waals surface area contributed by atoms with Crippen molar-refractivity contribution in [2.75, 3.05) is 37.6 Å². The number of benzene rings is 2. The standard InChI is InChI=1S/C29H34F5N5/c1-3-22-18-38(27-24(29(32,33)34)15-21(16-26(27)31)28-35-8-9-36-28)12-13-39(22)23-6-10-37(11-7-23)17-20-5-4-19(2)14-25(20)30/h4-5,8-9,14-16,22-23H,3,6-7,10-13,17-18H2,1-2H3,(H,35,36)/t22-/m0/s1. The number of anilines is 1. The third kappa shape index (κ3) is 5.96. The molecule has 1 atom stereocenters. The summed E-state index contributed by atoms with van der Waals surface area (Å²) >= 11 is 0. The van der Waals surface area contributed by atoms with Gasteiger partial charge in [-0.25, -0.2) is 13.8 Å². The Kier molecular flexibility index (Phi) is 7.96. The second kappa shape index (κ2) is 11.3. The zero-order valence-corrected chi connectivity index (χ0v) is 22.2. The van der Waals surface area contributed by atoms with Gasteiger partial charge in [0.05, 0.1) is 11.3 Å². The van der Waals surface area contributed by atoms with Crippen LogP contribution >= 0.6 is 0 Å². The summed E-state index contributed by atoms with van der Waals surface area (Å²) in [4.78, 5) is 12.9. The van der Waals surface area contributed by atoms with E-state index < -0.39 is 17.6 Å². The van der Waals surface area contributed by atoms with Crippen molar-refractivity contribution in [2.24, 2.45) is 0 Å². The molecule has 0 unspecified atom stereocenters. The fraction of sp³-hybridized carbons (Fsp3) is 0.483. The van der Waals surface area contributed by atoms with Crippen molar-refractivity contribution in [3.8, 4) is 11.4 Å². The Morgan fingerprint density at radius 3 is 2.41 bits per heavy atom. The fourth-order valence-corrected chi connectivity index (χ4v) is 6.04. The van der Waals surface area contributed by atoms with Gasteiger partial charge in [-0.3, -0.25) is 9.80 Å². The number of rotatable bonds is 6. The van der Waals surface area contributed by atoms with E-state index in [2.05, 4.69) is 19.8 Å². The zero-order chi connectivity index (χ0) is 27.7. The van der Waals surface area contributed by atoms with Crippen LogP contribution in [-0.4, -0.2) is 64.6 Å². The number of imidazole rings is 1. The Hall–Kier alpha value is -2.98. The van der Waals surface area contributed by atoms with Crippen molar-refractivity contribution in [2.45, 2.75) is 57.9 Å². The van der Waals surface area contributed by atoms with Gasteiger partial charge in [-0.2, -0.15) is 13.2 Å². The first-order valence-corrected chi connectivity index (χ1v) is 13.5. The largest absolute Gasteiger partial charge is 0.418 e. The highest BCUT2D eigenvalue weighted by atomic mass is 19.4. The third-order valence-electron chi connectivity index (χ3n) is 8.08. The van der Waals surface area contributed by atoms with Gasteiger partial charge in [0.25, 0.3) is 0 Å². The lowest BCUT2D eigenvalue weighted by molar-refractivity contribution is -0.137. The molecule has 5 nitrogen and oxygen atoms in total. The second-order valence-electron chi connectivity index (χ2n) is 10.6. The molecule has 2 aliphatic heterocycles. The molecule has 3 aromatic rings. The summed E-state index contributed by atoms with van der Waals surface area (Å²) in [6, 6.07) is 7.75. The summed E-state index contributed by atoms with van der Waals surface area (Å²) in [5.41, 5.74) is 0.298. The molecular formula is C29H34F5N5.